The molecule has 4 heteroatoms. The SMILES string of the molecule is Cc1cc(C)c(C(=O)COC(=O)c2cc(C(C)C)cc(C(C)C)c2O)cc1C. The fourth-order valence-electron chi connectivity index (χ4n) is 3.16. The van der Waals surface area contributed by atoms with E-state index in [0.29, 0.717) is 11.1 Å². The summed E-state index contributed by atoms with van der Waals surface area (Å²) in [5.41, 5.74) is 5.31. The number of Topliss-reactive ketones (excluding diaryl/α,β-unsaturated/α-hetero) is 1. The van der Waals surface area contributed by atoms with Crippen molar-refractivity contribution >= 4 is 11.8 Å². The first-order valence-corrected chi connectivity index (χ1v) is 9.67. The zero-order valence-corrected chi connectivity index (χ0v) is 17.8. The van der Waals surface area contributed by atoms with E-state index in [2.05, 4.69) is 0 Å². The summed E-state index contributed by atoms with van der Waals surface area (Å²) in [6.07, 6.45) is 0. The third-order valence-corrected chi connectivity index (χ3v) is 5.15. The number of aryl methyl sites for hydroxylation is 3. The Balaban J connectivity index is 2.26. The molecule has 0 heterocycles. The highest BCUT2D eigenvalue weighted by Crippen LogP contribution is 2.33. The fourth-order valence-corrected chi connectivity index (χ4v) is 3.16. The van der Waals surface area contributed by atoms with Crippen LogP contribution in [-0.2, 0) is 4.74 Å². The number of phenols is 1. The van der Waals surface area contributed by atoms with Crippen LogP contribution in [0, 0.1) is 20.8 Å². The van der Waals surface area contributed by atoms with Gasteiger partial charge in [0.15, 0.2) is 6.61 Å². The maximum Gasteiger partial charge on any atom is 0.342 e. The lowest BCUT2D eigenvalue weighted by atomic mass is 9.92. The monoisotopic (exact) mass is 382 g/mol. The van der Waals surface area contributed by atoms with E-state index >= 15 is 0 Å². The van der Waals surface area contributed by atoms with Crippen molar-refractivity contribution in [3.63, 3.8) is 0 Å². The van der Waals surface area contributed by atoms with Crippen LogP contribution in [0.25, 0.3) is 0 Å². The smallest absolute Gasteiger partial charge is 0.342 e. The largest absolute Gasteiger partial charge is 0.507 e. The summed E-state index contributed by atoms with van der Waals surface area (Å²) in [7, 11) is 0. The van der Waals surface area contributed by atoms with Crippen LogP contribution in [0.5, 0.6) is 5.75 Å². The Morgan fingerprint density at radius 2 is 1.46 bits per heavy atom. The lowest BCUT2D eigenvalue weighted by Gasteiger charge is -2.16. The molecule has 2 rings (SSSR count). The molecule has 0 radical (unpaired) electrons. The van der Waals surface area contributed by atoms with Crippen molar-refractivity contribution < 1.29 is 19.4 Å². The van der Waals surface area contributed by atoms with Crippen LogP contribution >= 0.6 is 0 Å². The Kier molecular flexibility index (Phi) is 6.65. The molecule has 2 aromatic rings. The second kappa shape index (κ2) is 8.59. The van der Waals surface area contributed by atoms with Gasteiger partial charge in [-0.15, -0.1) is 0 Å². The molecule has 0 saturated heterocycles. The number of hydrogen-bond acceptors (Lipinski definition) is 4. The van der Waals surface area contributed by atoms with E-state index in [1.807, 2.05) is 66.7 Å². The standard InChI is InChI=1S/C24H30O4/c1-13(2)18-10-19(14(3)4)23(26)21(11-18)24(27)28-12-22(25)20-9-16(6)15(5)8-17(20)7/h8-11,13-14,26H,12H2,1-7H3. The highest BCUT2D eigenvalue weighted by Gasteiger charge is 2.21. The molecular formula is C24H30O4. The molecule has 0 bridgehead atoms. The van der Waals surface area contributed by atoms with Gasteiger partial charge in [-0.05, 0) is 72.6 Å². The van der Waals surface area contributed by atoms with Gasteiger partial charge >= 0.3 is 5.97 Å². The Hall–Kier alpha value is -2.62. The zero-order chi connectivity index (χ0) is 21.2. The van der Waals surface area contributed by atoms with E-state index in [9.17, 15) is 14.7 Å². The van der Waals surface area contributed by atoms with E-state index in [1.54, 1.807) is 6.07 Å². The first-order chi connectivity index (χ1) is 13.0. The van der Waals surface area contributed by atoms with Gasteiger partial charge in [0.25, 0.3) is 0 Å². The number of esters is 1. The van der Waals surface area contributed by atoms with Crippen molar-refractivity contribution in [3.05, 3.63) is 63.2 Å². The Morgan fingerprint density at radius 1 is 0.857 bits per heavy atom. The molecule has 0 aliphatic heterocycles. The third kappa shape index (κ3) is 4.61. The summed E-state index contributed by atoms with van der Waals surface area (Å²) in [5.74, 6) is -0.747. The number of carbonyl (C=O) groups is 2. The van der Waals surface area contributed by atoms with Crippen molar-refractivity contribution in [1.82, 2.24) is 0 Å². The minimum atomic E-state index is -0.684. The summed E-state index contributed by atoms with van der Waals surface area (Å²) >= 11 is 0. The average Bonchev–Trinajstić information content (AvgIpc) is 2.62. The number of rotatable bonds is 6. The second-order valence-corrected chi connectivity index (χ2v) is 8.07. The molecule has 0 unspecified atom stereocenters. The topological polar surface area (TPSA) is 63.6 Å². The highest BCUT2D eigenvalue weighted by atomic mass is 16.5. The minimum Gasteiger partial charge on any atom is -0.507 e. The second-order valence-electron chi connectivity index (χ2n) is 8.07. The zero-order valence-electron chi connectivity index (χ0n) is 17.8. The lowest BCUT2D eigenvalue weighted by molar-refractivity contribution is 0.0471. The Labute approximate surface area is 167 Å². The molecule has 28 heavy (non-hydrogen) atoms. The van der Waals surface area contributed by atoms with Crippen LogP contribution in [0.15, 0.2) is 24.3 Å². The van der Waals surface area contributed by atoms with Gasteiger partial charge in [-0.1, -0.05) is 39.8 Å². The van der Waals surface area contributed by atoms with Crippen molar-refractivity contribution in [2.75, 3.05) is 6.61 Å². The van der Waals surface area contributed by atoms with Crippen molar-refractivity contribution in [2.45, 2.75) is 60.3 Å². The van der Waals surface area contributed by atoms with Crippen molar-refractivity contribution in [3.8, 4) is 5.75 Å². The normalized spacial score (nSPS) is 11.2. The molecule has 0 atom stereocenters. The van der Waals surface area contributed by atoms with Gasteiger partial charge in [0.2, 0.25) is 5.78 Å². The van der Waals surface area contributed by atoms with Crippen LogP contribution in [0.4, 0.5) is 0 Å². The number of ketones is 1. The molecule has 0 aliphatic rings. The number of carbonyl (C=O) groups excluding carboxylic acids is 2. The average molecular weight is 383 g/mol. The number of hydrogen-bond donors (Lipinski definition) is 1. The predicted molar refractivity (Wildman–Crippen MR) is 112 cm³/mol. The number of benzene rings is 2. The molecule has 150 valence electrons. The van der Waals surface area contributed by atoms with Crippen LogP contribution in [0.2, 0.25) is 0 Å². The predicted octanol–water partition coefficient (Wildman–Crippen LogP) is 5.60. The first kappa shape index (κ1) is 21.7. The summed E-state index contributed by atoms with van der Waals surface area (Å²) in [5, 5.41) is 10.5. The van der Waals surface area contributed by atoms with Crippen LogP contribution < -0.4 is 0 Å². The van der Waals surface area contributed by atoms with E-state index in [0.717, 1.165) is 22.3 Å². The molecule has 0 aromatic heterocycles. The Bertz CT molecular complexity index is 907. The van der Waals surface area contributed by atoms with E-state index in [4.69, 9.17) is 4.74 Å². The van der Waals surface area contributed by atoms with Gasteiger partial charge in [0, 0.05) is 5.56 Å². The maximum atomic E-state index is 12.6. The van der Waals surface area contributed by atoms with Gasteiger partial charge in [0.1, 0.15) is 11.3 Å². The molecule has 0 amide bonds. The number of phenolic OH excluding ortho intramolecular Hbond substituents is 1. The number of aromatic hydroxyl groups is 1. The van der Waals surface area contributed by atoms with Crippen molar-refractivity contribution in [1.29, 1.82) is 0 Å². The van der Waals surface area contributed by atoms with E-state index in [1.165, 1.54) is 0 Å². The molecule has 0 fully saturated rings. The maximum absolute atomic E-state index is 12.6. The Morgan fingerprint density at radius 3 is 2.04 bits per heavy atom. The van der Waals surface area contributed by atoms with Gasteiger partial charge < -0.3 is 9.84 Å². The van der Waals surface area contributed by atoms with Crippen LogP contribution in [0.1, 0.15) is 88.1 Å². The summed E-state index contributed by atoms with van der Waals surface area (Å²) in [6, 6.07) is 7.36. The minimum absolute atomic E-state index is 0.0602. The molecular weight excluding hydrogens is 352 g/mol. The van der Waals surface area contributed by atoms with Crippen LogP contribution in [0.3, 0.4) is 0 Å². The van der Waals surface area contributed by atoms with Crippen LogP contribution in [-0.4, -0.2) is 23.5 Å². The summed E-state index contributed by atoms with van der Waals surface area (Å²) < 4.78 is 5.27. The summed E-state index contributed by atoms with van der Waals surface area (Å²) in [6.45, 7) is 13.4. The highest BCUT2D eigenvalue weighted by molar-refractivity contribution is 6.01. The van der Waals surface area contributed by atoms with Gasteiger partial charge in [0.05, 0.1) is 0 Å². The molecule has 1 N–H and O–H groups in total. The lowest BCUT2D eigenvalue weighted by Crippen LogP contribution is -2.16. The van der Waals surface area contributed by atoms with Crippen molar-refractivity contribution in [2.24, 2.45) is 0 Å². The van der Waals surface area contributed by atoms with Gasteiger partial charge in [-0.2, -0.15) is 0 Å². The number of ether oxygens (including phenoxy) is 1. The van der Waals surface area contributed by atoms with Gasteiger partial charge in [-0.25, -0.2) is 4.79 Å². The molecule has 2 aromatic carbocycles. The summed E-state index contributed by atoms with van der Waals surface area (Å²) in [4.78, 5) is 25.2. The molecule has 0 saturated carbocycles. The molecule has 4 nitrogen and oxygen atoms in total. The third-order valence-electron chi connectivity index (χ3n) is 5.15. The van der Waals surface area contributed by atoms with Gasteiger partial charge in [-0.3, -0.25) is 4.79 Å². The molecule has 0 spiro atoms. The molecule has 0 aliphatic carbocycles. The van der Waals surface area contributed by atoms with E-state index < -0.39 is 5.97 Å². The fraction of sp³-hybridized carbons (Fsp3) is 0.417. The quantitative estimate of drug-likeness (QED) is 0.521. The first-order valence-electron chi connectivity index (χ1n) is 9.67. The van der Waals surface area contributed by atoms with E-state index in [-0.39, 0.29) is 35.5 Å².